The number of pyridine rings is 1. The minimum Gasteiger partial charge on any atom is -0.497 e. The summed E-state index contributed by atoms with van der Waals surface area (Å²) in [6, 6.07) is 8.97. The molecule has 1 heterocycles. The Morgan fingerprint density at radius 3 is 2.47 bits per heavy atom. The Hall–Kier alpha value is -3.55. The Morgan fingerprint density at radius 1 is 1.15 bits per heavy atom. The SMILES string of the molecule is CNc1cc(OC)ccc1-c1cc(OC)nc(C(C/C=C/[C@H](C)C=O)NC(=O)OC(C)(C)C)c1. The second kappa shape index (κ2) is 12.1. The molecule has 0 saturated heterocycles. The first kappa shape index (κ1) is 26.7. The number of allylic oxidation sites excluding steroid dienone is 1. The number of aromatic nitrogens is 1. The summed E-state index contributed by atoms with van der Waals surface area (Å²) in [7, 11) is 5.00. The molecule has 1 aromatic carbocycles. The van der Waals surface area contributed by atoms with Crippen molar-refractivity contribution in [1.82, 2.24) is 10.3 Å². The number of ether oxygens (including phenoxy) is 3. The maximum absolute atomic E-state index is 12.6. The van der Waals surface area contributed by atoms with E-state index in [-0.39, 0.29) is 5.92 Å². The summed E-state index contributed by atoms with van der Waals surface area (Å²) in [6.07, 6.45) is 4.37. The fourth-order valence-corrected chi connectivity index (χ4v) is 3.25. The van der Waals surface area contributed by atoms with Gasteiger partial charge >= 0.3 is 6.09 Å². The van der Waals surface area contributed by atoms with Gasteiger partial charge in [-0.05, 0) is 51.0 Å². The molecule has 0 radical (unpaired) electrons. The molecule has 0 saturated carbocycles. The van der Waals surface area contributed by atoms with E-state index in [1.807, 2.05) is 43.5 Å². The predicted molar refractivity (Wildman–Crippen MR) is 133 cm³/mol. The van der Waals surface area contributed by atoms with Crippen molar-refractivity contribution in [1.29, 1.82) is 0 Å². The minimum absolute atomic E-state index is 0.228. The summed E-state index contributed by atoms with van der Waals surface area (Å²) in [5, 5.41) is 6.09. The summed E-state index contributed by atoms with van der Waals surface area (Å²) in [6.45, 7) is 7.21. The van der Waals surface area contributed by atoms with Crippen LogP contribution in [0, 0.1) is 5.92 Å². The van der Waals surface area contributed by atoms with Gasteiger partial charge in [0.1, 0.15) is 17.6 Å². The first-order valence-corrected chi connectivity index (χ1v) is 11.1. The summed E-state index contributed by atoms with van der Waals surface area (Å²) in [5.74, 6) is 0.910. The van der Waals surface area contributed by atoms with Gasteiger partial charge in [0, 0.05) is 36.3 Å². The molecule has 0 aliphatic carbocycles. The Balaban J connectivity index is 2.51. The van der Waals surface area contributed by atoms with Crippen LogP contribution in [0.4, 0.5) is 10.5 Å². The van der Waals surface area contributed by atoms with Crippen LogP contribution in [0.3, 0.4) is 0 Å². The number of benzene rings is 1. The molecule has 0 aliphatic rings. The molecule has 184 valence electrons. The van der Waals surface area contributed by atoms with Crippen molar-refractivity contribution in [3.05, 3.63) is 48.2 Å². The summed E-state index contributed by atoms with van der Waals surface area (Å²) in [4.78, 5) is 28.2. The van der Waals surface area contributed by atoms with Crippen LogP contribution in [-0.2, 0) is 9.53 Å². The van der Waals surface area contributed by atoms with Gasteiger partial charge in [-0.1, -0.05) is 19.1 Å². The van der Waals surface area contributed by atoms with Crippen LogP contribution in [-0.4, -0.2) is 44.2 Å². The Labute approximate surface area is 201 Å². The van der Waals surface area contributed by atoms with E-state index in [1.54, 1.807) is 48.0 Å². The van der Waals surface area contributed by atoms with Crippen LogP contribution in [0.25, 0.3) is 11.1 Å². The van der Waals surface area contributed by atoms with Gasteiger partial charge in [0.25, 0.3) is 0 Å². The number of carbonyl (C=O) groups excluding carboxylic acids is 2. The maximum atomic E-state index is 12.6. The van der Waals surface area contributed by atoms with Gasteiger partial charge in [0.15, 0.2) is 0 Å². The summed E-state index contributed by atoms with van der Waals surface area (Å²) < 4.78 is 16.3. The van der Waals surface area contributed by atoms with E-state index >= 15 is 0 Å². The highest BCUT2D eigenvalue weighted by Gasteiger charge is 2.22. The molecular weight excluding hydrogens is 434 g/mol. The van der Waals surface area contributed by atoms with Crippen LogP contribution < -0.4 is 20.1 Å². The molecule has 2 rings (SSSR count). The lowest BCUT2D eigenvalue weighted by molar-refractivity contribution is -0.109. The van der Waals surface area contributed by atoms with Gasteiger partial charge in [-0.3, -0.25) is 0 Å². The molecule has 34 heavy (non-hydrogen) atoms. The minimum atomic E-state index is -0.645. The van der Waals surface area contributed by atoms with Crippen LogP contribution in [0.5, 0.6) is 11.6 Å². The smallest absolute Gasteiger partial charge is 0.408 e. The third kappa shape index (κ3) is 7.79. The zero-order chi connectivity index (χ0) is 25.3. The number of hydrogen-bond donors (Lipinski definition) is 2. The number of nitrogens with zero attached hydrogens (tertiary/aromatic N) is 1. The van der Waals surface area contributed by atoms with Crippen LogP contribution >= 0.6 is 0 Å². The first-order valence-electron chi connectivity index (χ1n) is 11.1. The number of aldehydes is 1. The molecule has 0 spiro atoms. The van der Waals surface area contributed by atoms with Gasteiger partial charge in [-0.15, -0.1) is 0 Å². The van der Waals surface area contributed by atoms with E-state index < -0.39 is 17.7 Å². The van der Waals surface area contributed by atoms with Crippen molar-refractivity contribution in [3.8, 4) is 22.8 Å². The number of anilines is 1. The average molecular weight is 470 g/mol. The molecule has 2 aromatic rings. The van der Waals surface area contributed by atoms with Gasteiger partial charge in [0.05, 0.1) is 26.0 Å². The predicted octanol–water partition coefficient (Wildman–Crippen LogP) is 5.15. The topological polar surface area (TPSA) is 98.8 Å². The summed E-state index contributed by atoms with van der Waals surface area (Å²) >= 11 is 0. The van der Waals surface area contributed by atoms with E-state index in [0.717, 1.165) is 28.8 Å². The number of nitrogens with one attached hydrogen (secondary N) is 2. The number of amides is 1. The lowest BCUT2D eigenvalue weighted by Crippen LogP contribution is -2.35. The zero-order valence-electron chi connectivity index (χ0n) is 21.0. The molecule has 0 bridgehead atoms. The number of alkyl carbamates (subject to hydrolysis) is 1. The number of hydrogen-bond acceptors (Lipinski definition) is 7. The van der Waals surface area contributed by atoms with Crippen molar-refractivity contribution in [2.75, 3.05) is 26.6 Å². The van der Waals surface area contributed by atoms with E-state index in [9.17, 15) is 9.59 Å². The van der Waals surface area contributed by atoms with Crippen LogP contribution in [0.2, 0.25) is 0 Å². The molecule has 0 fully saturated rings. The summed E-state index contributed by atoms with van der Waals surface area (Å²) in [5.41, 5.74) is 2.60. The fraction of sp³-hybridized carbons (Fsp3) is 0.423. The van der Waals surface area contributed by atoms with E-state index in [1.165, 1.54) is 0 Å². The van der Waals surface area contributed by atoms with Crippen molar-refractivity contribution in [3.63, 3.8) is 0 Å². The first-order chi connectivity index (χ1) is 16.1. The van der Waals surface area contributed by atoms with Gasteiger partial charge in [-0.25, -0.2) is 9.78 Å². The third-order valence-corrected chi connectivity index (χ3v) is 4.91. The number of carbonyl (C=O) groups is 2. The highest BCUT2D eigenvalue weighted by molar-refractivity contribution is 5.79. The third-order valence-electron chi connectivity index (χ3n) is 4.91. The highest BCUT2D eigenvalue weighted by atomic mass is 16.6. The lowest BCUT2D eigenvalue weighted by Gasteiger charge is -2.23. The number of rotatable bonds is 10. The van der Waals surface area contributed by atoms with E-state index in [4.69, 9.17) is 14.2 Å². The number of methoxy groups -OCH3 is 2. The maximum Gasteiger partial charge on any atom is 0.408 e. The molecule has 2 N–H and O–H groups in total. The molecule has 0 aliphatic heterocycles. The van der Waals surface area contributed by atoms with Gasteiger partial charge in [0.2, 0.25) is 5.88 Å². The van der Waals surface area contributed by atoms with Crippen LogP contribution in [0.1, 0.15) is 45.9 Å². The van der Waals surface area contributed by atoms with E-state index in [2.05, 4.69) is 15.6 Å². The monoisotopic (exact) mass is 469 g/mol. The zero-order valence-corrected chi connectivity index (χ0v) is 21.0. The van der Waals surface area contributed by atoms with Gasteiger partial charge in [-0.2, -0.15) is 0 Å². The largest absolute Gasteiger partial charge is 0.497 e. The molecular formula is C26H35N3O5. The van der Waals surface area contributed by atoms with Gasteiger partial charge < -0.3 is 29.6 Å². The lowest BCUT2D eigenvalue weighted by atomic mass is 10.00. The van der Waals surface area contributed by atoms with Crippen molar-refractivity contribution in [2.45, 2.75) is 45.8 Å². The second-order valence-electron chi connectivity index (χ2n) is 8.84. The van der Waals surface area contributed by atoms with Crippen molar-refractivity contribution >= 4 is 18.1 Å². The second-order valence-corrected chi connectivity index (χ2v) is 8.84. The standard InChI is InChI=1S/C26H35N3O5/c1-17(16-30)9-8-10-21(29-25(31)34-26(2,3)4)23-13-18(14-24(28-23)33-7)20-12-11-19(32-6)15-22(20)27-5/h8-9,11-17,21,27H,10H2,1-7H3,(H,29,31)/b9-8+/t17-,21?/m0/s1. The fourth-order valence-electron chi connectivity index (χ4n) is 3.25. The van der Waals surface area contributed by atoms with Crippen molar-refractivity contribution < 1.29 is 23.8 Å². The van der Waals surface area contributed by atoms with E-state index in [0.29, 0.717) is 18.0 Å². The molecule has 1 aromatic heterocycles. The molecule has 2 atom stereocenters. The Morgan fingerprint density at radius 2 is 1.88 bits per heavy atom. The quantitative estimate of drug-likeness (QED) is 0.366. The average Bonchev–Trinajstić information content (AvgIpc) is 2.81. The molecule has 1 unspecified atom stereocenters. The van der Waals surface area contributed by atoms with Crippen LogP contribution in [0.15, 0.2) is 42.5 Å². The molecule has 8 heteroatoms. The normalized spacial score (nSPS) is 13.1. The molecule has 8 nitrogen and oxygen atoms in total. The Kier molecular flexibility index (Phi) is 9.47. The molecule has 1 amide bonds. The Bertz CT molecular complexity index is 1010. The highest BCUT2D eigenvalue weighted by Crippen LogP contribution is 2.34. The van der Waals surface area contributed by atoms with Crippen molar-refractivity contribution in [2.24, 2.45) is 5.92 Å².